The second-order valence-corrected chi connectivity index (χ2v) is 5.10. The summed E-state index contributed by atoms with van der Waals surface area (Å²) in [5.41, 5.74) is 5.34. The van der Waals surface area contributed by atoms with Crippen LogP contribution < -0.4 is 10.5 Å². The number of anilines is 1. The van der Waals surface area contributed by atoms with E-state index in [1.54, 1.807) is 12.1 Å². The van der Waals surface area contributed by atoms with Crippen molar-refractivity contribution in [3.8, 4) is 0 Å². The van der Waals surface area contributed by atoms with Crippen LogP contribution in [0.5, 0.6) is 0 Å². The Morgan fingerprint density at radius 1 is 1.15 bits per heavy atom. The standard InChI is InChI=1S/C15H13BrN2O2/c1-10(11-5-7-13(16)8-6-11)17-18-14-4-2-3-12(9-14)15(19)20/h2-9,18H,1H3,(H,19,20)/p-1/b17-10-. The fourth-order valence-corrected chi connectivity index (χ4v) is 1.88. The molecule has 2 aromatic rings. The zero-order valence-electron chi connectivity index (χ0n) is 10.8. The van der Waals surface area contributed by atoms with Crippen molar-refractivity contribution in [1.29, 1.82) is 0 Å². The molecule has 0 aliphatic heterocycles. The van der Waals surface area contributed by atoms with Gasteiger partial charge in [-0.1, -0.05) is 40.2 Å². The van der Waals surface area contributed by atoms with Gasteiger partial charge in [0.1, 0.15) is 0 Å². The fourth-order valence-electron chi connectivity index (χ4n) is 1.62. The molecular weight excluding hydrogens is 320 g/mol. The molecule has 5 heteroatoms. The predicted molar refractivity (Wildman–Crippen MR) is 80.7 cm³/mol. The van der Waals surface area contributed by atoms with Gasteiger partial charge in [-0.05, 0) is 42.3 Å². The summed E-state index contributed by atoms with van der Waals surface area (Å²) in [6, 6.07) is 14.1. The molecule has 0 aliphatic rings. The molecule has 0 atom stereocenters. The number of hydrogen-bond acceptors (Lipinski definition) is 4. The molecule has 0 unspecified atom stereocenters. The molecule has 0 aliphatic carbocycles. The van der Waals surface area contributed by atoms with Gasteiger partial charge in [-0.3, -0.25) is 5.43 Å². The highest BCUT2D eigenvalue weighted by atomic mass is 79.9. The Balaban J connectivity index is 2.14. The minimum atomic E-state index is -1.21. The lowest BCUT2D eigenvalue weighted by atomic mass is 10.1. The molecule has 0 heterocycles. The zero-order chi connectivity index (χ0) is 14.5. The molecule has 0 fully saturated rings. The molecule has 0 aromatic heterocycles. The van der Waals surface area contributed by atoms with E-state index in [2.05, 4.69) is 26.5 Å². The van der Waals surface area contributed by atoms with Crippen LogP contribution in [-0.2, 0) is 0 Å². The fraction of sp³-hybridized carbons (Fsp3) is 0.0667. The first-order chi connectivity index (χ1) is 9.56. The minimum Gasteiger partial charge on any atom is -0.545 e. The van der Waals surface area contributed by atoms with E-state index in [1.807, 2.05) is 31.2 Å². The maximum Gasteiger partial charge on any atom is 0.0716 e. The lowest BCUT2D eigenvalue weighted by Gasteiger charge is -2.06. The molecule has 0 radical (unpaired) electrons. The quantitative estimate of drug-likeness (QED) is 0.691. The smallest absolute Gasteiger partial charge is 0.0716 e. The number of benzene rings is 2. The number of carbonyl (C=O) groups excluding carboxylic acids is 1. The molecule has 20 heavy (non-hydrogen) atoms. The maximum atomic E-state index is 10.8. The Morgan fingerprint density at radius 3 is 2.50 bits per heavy atom. The largest absolute Gasteiger partial charge is 0.545 e. The van der Waals surface area contributed by atoms with E-state index < -0.39 is 5.97 Å². The molecular formula is C15H12BrN2O2-. The number of carboxylic acids is 1. The van der Waals surface area contributed by atoms with Crippen LogP contribution in [0.4, 0.5) is 5.69 Å². The number of hydrogen-bond donors (Lipinski definition) is 1. The molecule has 4 nitrogen and oxygen atoms in total. The van der Waals surface area contributed by atoms with Crippen molar-refractivity contribution >= 4 is 33.3 Å². The van der Waals surface area contributed by atoms with Crippen molar-refractivity contribution in [2.24, 2.45) is 5.10 Å². The van der Waals surface area contributed by atoms with Crippen LogP contribution in [0.15, 0.2) is 58.1 Å². The molecule has 0 bridgehead atoms. The van der Waals surface area contributed by atoms with Gasteiger partial charge in [-0.15, -0.1) is 0 Å². The SMILES string of the molecule is C/C(=N/Nc1cccc(C(=O)[O-])c1)c1ccc(Br)cc1. The van der Waals surface area contributed by atoms with Gasteiger partial charge < -0.3 is 9.90 Å². The molecule has 2 rings (SSSR count). The maximum absolute atomic E-state index is 10.8. The first-order valence-corrected chi connectivity index (χ1v) is 6.73. The van der Waals surface area contributed by atoms with Crippen LogP contribution in [-0.4, -0.2) is 11.7 Å². The first-order valence-electron chi connectivity index (χ1n) is 5.94. The summed E-state index contributed by atoms with van der Waals surface area (Å²) in [5, 5.41) is 15.0. The van der Waals surface area contributed by atoms with Gasteiger partial charge in [0.25, 0.3) is 0 Å². The Kier molecular flexibility index (Phi) is 4.53. The lowest BCUT2D eigenvalue weighted by Crippen LogP contribution is -2.22. The minimum absolute atomic E-state index is 0.117. The van der Waals surface area contributed by atoms with Crippen molar-refractivity contribution in [3.63, 3.8) is 0 Å². The second-order valence-electron chi connectivity index (χ2n) is 4.18. The number of carboxylic acid groups (broad SMARTS) is 1. The summed E-state index contributed by atoms with van der Waals surface area (Å²) >= 11 is 3.37. The average Bonchev–Trinajstić information content (AvgIpc) is 2.46. The molecule has 0 saturated heterocycles. The molecule has 1 N–H and O–H groups in total. The summed E-state index contributed by atoms with van der Waals surface area (Å²) < 4.78 is 1.00. The van der Waals surface area contributed by atoms with Crippen molar-refractivity contribution < 1.29 is 9.90 Å². The van der Waals surface area contributed by atoms with Crippen molar-refractivity contribution in [2.45, 2.75) is 6.92 Å². The lowest BCUT2D eigenvalue weighted by molar-refractivity contribution is -0.255. The van der Waals surface area contributed by atoms with Gasteiger partial charge in [0, 0.05) is 4.47 Å². The Bertz CT molecular complexity index is 651. The Morgan fingerprint density at radius 2 is 1.85 bits per heavy atom. The molecule has 0 saturated carbocycles. The van der Waals surface area contributed by atoms with E-state index in [4.69, 9.17) is 0 Å². The monoisotopic (exact) mass is 331 g/mol. The van der Waals surface area contributed by atoms with Gasteiger partial charge in [-0.2, -0.15) is 5.10 Å². The topological polar surface area (TPSA) is 64.5 Å². The van der Waals surface area contributed by atoms with Crippen LogP contribution in [0, 0.1) is 0 Å². The van der Waals surface area contributed by atoms with E-state index in [9.17, 15) is 9.90 Å². The average molecular weight is 332 g/mol. The Hall–Kier alpha value is -2.14. The van der Waals surface area contributed by atoms with E-state index in [0.29, 0.717) is 5.69 Å². The number of nitrogens with one attached hydrogen (secondary N) is 1. The normalized spacial score (nSPS) is 11.2. The zero-order valence-corrected chi connectivity index (χ0v) is 12.3. The van der Waals surface area contributed by atoms with Crippen LogP contribution in [0.3, 0.4) is 0 Å². The molecule has 2 aromatic carbocycles. The van der Waals surface area contributed by atoms with Gasteiger partial charge >= 0.3 is 0 Å². The van der Waals surface area contributed by atoms with Gasteiger partial charge in [-0.25, -0.2) is 0 Å². The predicted octanol–water partition coefficient (Wildman–Crippen LogP) is 2.65. The van der Waals surface area contributed by atoms with Crippen LogP contribution >= 0.6 is 15.9 Å². The summed E-state index contributed by atoms with van der Waals surface area (Å²) in [6.07, 6.45) is 0. The summed E-state index contributed by atoms with van der Waals surface area (Å²) in [5.74, 6) is -1.21. The summed E-state index contributed by atoms with van der Waals surface area (Å²) in [6.45, 7) is 1.87. The number of nitrogens with zero attached hydrogens (tertiary/aromatic N) is 1. The van der Waals surface area contributed by atoms with Crippen LogP contribution in [0.25, 0.3) is 0 Å². The Labute approximate surface area is 125 Å². The highest BCUT2D eigenvalue weighted by Gasteiger charge is 1.98. The van der Waals surface area contributed by atoms with Crippen molar-refractivity contribution in [2.75, 3.05) is 5.43 Å². The van der Waals surface area contributed by atoms with E-state index in [-0.39, 0.29) is 5.56 Å². The highest BCUT2D eigenvalue weighted by Crippen LogP contribution is 2.13. The van der Waals surface area contributed by atoms with Crippen molar-refractivity contribution in [3.05, 3.63) is 64.1 Å². The second kappa shape index (κ2) is 6.34. The third-order valence-electron chi connectivity index (χ3n) is 2.71. The van der Waals surface area contributed by atoms with Gasteiger partial charge in [0.2, 0.25) is 0 Å². The van der Waals surface area contributed by atoms with Crippen LogP contribution in [0.1, 0.15) is 22.8 Å². The van der Waals surface area contributed by atoms with Crippen LogP contribution in [0.2, 0.25) is 0 Å². The third-order valence-corrected chi connectivity index (χ3v) is 3.24. The highest BCUT2D eigenvalue weighted by molar-refractivity contribution is 9.10. The van der Waals surface area contributed by atoms with Gasteiger partial charge in [0.15, 0.2) is 0 Å². The molecule has 0 amide bonds. The summed E-state index contributed by atoms with van der Waals surface area (Å²) in [7, 11) is 0. The number of hydrazone groups is 1. The number of carbonyl (C=O) groups is 1. The number of rotatable bonds is 4. The van der Waals surface area contributed by atoms with E-state index >= 15 is 0 Å². The van der Waals surface area contributed by atoms with E-state index in [0.717, 1.165) is 15.7 Å². The number of halogens is 1. The molecule has 0 spiro atoms. The number of aromatic carboxylic acids is 1. The van der Waals surface area contributed by atoms with E-state index in [1.165, 1.54) is 12.1 Å². The van der Waals surface area contributed by atoms with Gasteiger partial charge in [0.05, 0.1) is 17.4 Å². The van der Waals surface area contributed by atoms with Crippen molar-refractivity contribution in [1.82, 2.24) is 0 Å². The first kappa shape index (κ1) is 14.3. The summed E-state index contributed by atoms with van der Waals surface area (Å²) in [4.78, 5) is 10.8. The third kappa shape index (κ3) is 3.68. The molecule has 102 valence electrons.